The first kappa shape index (κ1) is 25.3. The molecule has 0 bridgehead atoms. The predicted molar refractivity (Wildman–Crippen MR) is 135 cm³/mol. The zero-order chi connectivity index (χ0) is 24.7. The molecule has 0 saturated carbocycles. The molecule has 3 rings (SSSR count). The lowest BCUT2D eigenvalue weighted by molar-refractivity contribution is -0.119. The molecule has 9 heteroatoms. The Morgan fingerprint density at radius 2 is 1.74 bits per heavy atom. The maximum atomic E-state index is 13.5. The van der Waals surface area contributed by atoms with Gasteiger partial charge in [-0.3, -0.25) is 9.10 Å². The number of rotatable bonds is 9. The molecule has 1 amide bonds. The van der Waals surface area contributed by atoms with E-state index in [0.717, 1.165) is 21.2 Å². The second kappa shape index (κ2) is 11.2. The average Bonchev–Trinajstić information content (AvgIpc) is 2.79. The molecule has 0 aliphatic rings. The third-order valence-electron chi connectivity index (χ3n) is 4.92. The van der Waals surface area contributed by atoms with Crippen LogP contribution in [0.5, 0.6) is 5.75 Å². The maximum absolute atomic E-state index is 13.5. The highest BCUT2D eigenvalue weighted by Crippen LogP contribution is 2.29. The van der Waals surface area contributed by atoms with Crippen molar-refractivity contribution in [3.8, 4) is 5.75 Å². The number of anilines is 1. The molecule has 1 N–H and O–H groups in total. The van der Waals surface area contributed by atoms with E-state index in [1.165, 1.54) is 18.3 Å². The fourth-order valence-corrected chi connectivity index (χ4v) is 4.91. The van der Waals surface area contributed by atoms with E-state index >= 15 is 0 Å². The summed E-state index contributed by atoms with van der Waals surface area (Å²) in [5.41, 5.74) is 5.05. The molecule has 0 unspecified atom stereocenters. The number of halogens is 1. The molecule has 178 valence electrons. The highest BCUT2D eigenvalue weighted by atomic mass is 35.5. The van der Waals surface area contributed by atoms with Gasteiger partial charge in [0, 0.05) is 5.02 Å². The average molecular weight is 500 g/mol. The Morgan fingerprint density at radius 3 is 2.35 bits per heavy atom. The van der Waals surface area contributed by atoms with Gasteiger partial charge in [-0.1, -0.05) is 29.3 Å². The molecule has 7 nitrogen and oxygen atoms in total. The van der Waals surface area contributed by atoms with E-state index in [1.807, 2.05) is 13.8 Å². The number of aryl methyl sites for hydroxylation is 2. The summed E-state index contributed by atoms with van der Waals surface area (Å²) < 4.78 is 33.4. The van der Waals surface area contributed by atoms with Gasteiger partial charge >= 0.3 is 0 Å². The number of amides is 1. The van der Waals surface area contributed by atoms with Crippen LogP contribution in [0, 0.1) is 13.8 Å². The number of hydrogen-bond donors (Lipinski definition) is 1. The van der Waals surface area contributed by atoms with Gasteiger partial charge in [-0.15, -0.1) is 0 Å². The standard InChI is InChI=1S/C25H26ClN3O4S/c1-4-33-22-10-7-20(8-11-22)16-27-28-25(30)17-29(24-14-9-21(26)15-19(24)3)34(31,32)23-12-5-18(2)6-13-23/h5-16H,4,17H2,1-3H3,(H,28,30)/b27-16-. The molecule has 0 spiro atoms. The topological polar surface area (TPSA) is 88.1 Å². The molecule has 0 saturated heterocycles. The van der Waals surface area contributed by atoms with Crippen molar-refractivity contribution in [2.75, 3.05) is 17.5 Å². The molecular formula is C25H26ClN3O4S. The molecular weight excluding hydrogens is 474 g/mol. The van der Waals surface area contributed by atoms with Gasteiger partial charge in [-0.2, -0.15) is 5.10 Å². The van der Waals surface area contributed by atoms with Crippen LogP contribution in [-0.4, -0.2) is 33.7 Å². The minimum absolute atomic E-state index is 0.0816. The highest BCUT2D eigenvalue weighted by Gasteiger charge is 2.28. The Bertz CT molecular complexity index is 1270. The van der Waals surface area contributed by atoms with Crippen LogP contribution in [0.25, 0.3) is 0 Å². The number of sulfonamides is 1. The maximum Gasteiger partial charge on any atom is 0.264 e. The van der Waals surface area contributed by atoms with Gasteiger partial charge < -0.3 is 4.74 Å². The van der Waals surface area contributed by atoms with E-state index < -0.39 is 22.5 Å². The fraction of sp³-hybridized carbons (Fsp3) is 0.200. The summed E-state index contributed by atoms with van der Waals surface area (Å²) in [6.07, 6.45) is 1.47. The first-order valence-corrected chi connectivity index (χ1v) is 12.4. The van der Waals surface area contributed by atoms with Gasteiger partial charge in [-0.25, -0.2) is 13.8 Å². The molecule has 3 aromatic rings. The molecule has 0 aliphatic heterocycles. The van der Waals surface area contributed by atoms with Crippen LogP contribution in [0.2, 0.25) is 5.02 Å². The van der Waals surface area contributed by atoms with Crippen molar-refractivity contribution in [3.63, 3.8) is 0 Å². The summed E-state index contributed by atoms with van der Waals surface area (Å²) >= 11 is 6.06. The minimum atomic E-state index is -4.03. The van der Waals surface area contributed by atoms with E-state index in [9.17, 15) is 13.2 Å². The van der Waals surface area contributed by atoms with E-state index in [1.54, 1.807) is 61.5 Å². The van der Waals surface area contributed by atoms with Crippen LogP contribution in [0.4, 0.5) is 5.69 Å². The van der Waals surface area contributed by atoms with Gasteiger partial charge in [-0.05, 0) is 86.5 Å². The summed E-state index contributed by atoms with van der Waals surface area (Å²) in [5, 5.41) is 4.43. The quantitative estimate of drug-likeness (QED) is 0.341. The normalized spacial score (nSPS) is 11.4. The summed E-state index contributed by atoms with van der Waals surface area (Å²) in [4.78, 5) is 12.8. The number of nitrogens with one attached hydrogen (secondary N) is 1. The lowest BCUT2D eigenvalue weighted by Crippen LogP contribution is -2.40. The third-order valence-corrected chi connectivity index (χ3v) is 6.93. The lowest BCUT2D eigenvalue weighted by Gasteiger charge is -2.25. The fourth-order valence-electron chi connectivity index (χ4n) is 3.20. The van der Waals surface area contributed by atoms with Crippen molar-refractivity contribution in [3.05, 3.63) is 88.4 Å². The first-order valence-electron chi connectivity index (χ1n) is 10.6. The second-order valence-corrected chi connectivity index (χ2v) is 9.85. The van der Waals surface area contributed by atoms with Gasteiger partial charge in [0.15, 0.2) is 0 Å². The monoisotopic (exact) mass is 499 g/mol. The molecule has 0 aromatic heterocycles. The zero-order valence-corrected chi connectivity index (χ0v) is 20.7. The first-order chi connectivity index (χ1) is 16.2. The second-order valence-electron chi connectivity index (χ2n) is 7.55. The van der Waals surface area contributed by atoms with E-state index in [0.29, 0.717) is 22.9 Å². The third kappa shape index (κ3) is 6.36. The number of carbonyl (C=O) groups excluding carboxylic acids is 1. The number of carbonyl (C=O) groups is 1. The van der Waals surface area contributed by atoms with Crippen LogP contribution in [0.1, 0.15) is 23.6 Å². The molecule has 0 radical (unpaired) electrons. The molecule has 3 aromatic carbocycles. The van der Waals surface area contributed by atoms with E-state index in [2.05, 4.69) is 10.5 Å². The van der Waals surface area contributed by atoms with Crippen molar-refractivity contribution in [2.45, 2.75) is 25.7 Å². The summed E-state index contributed by atoms with van der Waals surface area (Å²) in [7, 11) is -4.03. The largest absolute Gasteiger partial charge is 0.494 e. The number of nitrogens with zero attached hydrogens (tertiary/aromatic N) is 2. The van der Waals surface area contributed by atoms with Crippen LogP contribution in [-0.2, 0) is 14.8 Å². The van der Waals surface area contributed by atoms with Crippen molar-refractivity contribution < 1.29 is 17.9 Å². The highest BCUT2D eigenvalue weighted by molar-refractivity contribution is 7.92. The number of hydrazone groups is 1. The predicted octanol–water partition coefficient (Wildman–Crippen LogP) is 4.70. The number of ether oxygens (including phenoxy) is 1. The lowest BCUT2D eigenvalue weighted by atomic mass is 10.2. The van der Waals surface area contributed by atoms with Crippen LogP contribution >= 0.6 is 11.6 Å². The Balaban J connectivity index is 1.82. The Morgan fingerprint density at radius 1 is 1.06 bits per heavy atom. The zero-order valence-electron chi connectivity index (χ0n) is 19.2. The van der Waals surface area contributed by atoms with Gasteiger partial charge in [0.25, 0.3) is 15.9 Å². The van der Waals surface area contributed by atoms with Crippen LogP contribution in [0.15, 0.2) is 76.7 Å². The van der Waals surface area contributed by atoms with Crippen molar-refractivity contribution in [1.29, 1.82) is 0 Å². The van der Waals surface area contributed by atoms with E-state index in [4.69, 9.17) is 16.3 Å². The Labute approximate surface area is 205 Å². The smallest absolute Gasteiger partial charge is 0.264 e. The van der Waals surface area contributed by atoms with Crippen molar-refractivity contribution in [1.82, 2.24) is 5.43 Å². The molecule has 0 aliphatic carbocycles. The molecule has 0 fully saturated rings. The molecule has 34 heavy (non-hydrogen) atoms. The van der Waals surface area contributed by atoms with Crippen LogP contribution in [0.3, 0.4) is 0 Å². The summed E-state index contributed by atoms with van der Waals surface area (Å²) in [6.45, 7) is 5.62. The number of benzene rings is 3. The van der Waals surface area contributed by atoms with Gasteiger partial charge in [0.05, 0.1) is 23.4 Å². The van der Waals surface area contributed by atoms with Gasteiger partial charge in [0.2, 0.25) is 0 Å². The van der Waals surface area contributed by atoms with Crippen LogP contribution < -0.4 is 14.5 Å². The molecule has 0 atom stereocenters. The summed E-state index contributed by atoms with van der Waals surface area (Å²) in [5.74, 6) is 0.145. The molecule has 0 heterocycles. The minimum Gasteiger partial charge on any atom is -0.494 e. The van der Waals surface area contributed by atoms with Crippen molar-refractivity contribution >= 4 is 39.4 Å². The summed E-state index contributed by atoms with van der Waals surface area (Å²) in [6, 6.07) is 18.5. The van der Waals surface area contributed by atoms with E-state index in [-0.39, 0.29) is 4.90 Å². The van der Waals surface area contributed by atoms with Gasteiger partial charge in [0.1, 0.15) is 12.3 Å². The SMILES string of the molecule is CCOc1ccc(/C=N\NC(=O)CN(c2ccc(Cl)cc2C)S(=O)(=O)c2ccc(C)cc2)cc1. The Hall–Kier alpha value is -3.36. The number of hydrogen-bond acceptors (Lipinski definition) is 5. The van der Waals surface area contributed by atoms with Crippen molar-refractivity contribution in [2.24, 2.45) is 5.10 Å². The Kier molecular flexibility index (Phi) is 8.31.